The van der Waals surface area contributed by atoms with Gasteiger partial charge in [-0.15, -0.1) is 0 Å². The highest BCUT2D eigenvalue weighted by Gasteiger charge is 2.09. The number of benzene rings is 2. The highest BCUT2D eigenvalue weighted by molar-refractivity contribution is 5.84. The van der Waals surface area contributed by atoms with Crippen LogP contribution in [0.25, 0.3) is 0 Å². The lowest BCUT2D eigenvalue weighted by Gasteiger charge is -2.10. The number of amides is 2. The van der Waals surface area contributed by atoms with Crippen molar-refractivity contribution >= 4 is 11.8 Å². The fourth-order valence-corrected chi connectivity index (χ4v) is 2.46. The fourth-order valence-electron chi connectivity index (χ4n) is 2.46. The minimum atomic E-state index is -0.378. The molecule has 0 unspecified atom stereocenters. The number of ether oxygens (including phenoxy) is 2. The van der Waals surface area contributed by atoms with Crippen LogP contribution in [0.3, 0.4) is 0 Å². The first-order chi connectivity index (χ1) is 13.0. The highest BCUT2D eigenvalue weighted by Crippen LogP contribution is 2.27. The van der Waals surface area contributed by atoms with Gasteiger partial charge < -0.3 is 20.1 Å². The number of methoxy groups -OCH3 is 2. The van der Waals surface area contributed by atoms with E-state index in [0.29, 0.717) is 23.5 Å². The van der Waals surface area contributed by atoms with Crippen molar-refractivity contribution in [1.29, 1.82) is 0 Å². The van der Waals surface area contributed by atoms with Crippen LogP contribution in [-0.2, 0) is 22.6 Å². The number of hydrogen-bond acceptors (Lipinski definition) is 4. The molecule has 2 aromatic rings. The van der Waals surface area contributed by atoms with E-state index in [-0.39, 0.29) is 37.1 Å². The zero-order valence-electron chi connectivity index (χ0n) is 15.4. The summed E-state index contributed by atoms with van der Waals surface area (Å²) < 4.78 is 23.9. The van der Waals surface area contributed by atoms with Gasteiger partial charge in [0.2, 0.25) is 11.8 Å². The van der Waals surface area contributed by atoms with Gasteiger partial charge in [-0.25, -0.2) is 4.39 Å². The van der Waals surface area contributed by atoms with Gasteiger partial charge in [-0.2, -0.15) is 0 Å². The molecule has 0 aliphatic carbocycles. The van der Waals surface area contributed by atoms with Gasteiger partial charge in [-0.05, 0) is 30.2 Å². The average Bonchev–Trinajstić information content (AvgIpc) is 2.69. The number of aryl methyl sites for hydroxylation is 1. The number of carbonyl (C=O) groups is 2. The average molecular weight is 374 g/mol. The number of nitrogens with one attached hydrogen (secondary N) is 2. The monoisotopic (exact) mass is 374 g/mol. The molecule has 2 amide bonds. The van der Waals surface area contributed by atoms with Gasteiger partial charge in [0.25, 0.3) is 0 Å². The lowest BCUT2D eigenvalue weighted by Crippen LogP contribution is -2.36. The summed E-state index contributed by atoms with van der Waals surface area (Å²) in [5.41, 5.74) is 1.32. The van der Waals surface area contributed by atoms with Crippen LogP contribution in [0.15, 0.2) is 42.5 Å². The summed E-state index contributed by atoms with van der Waals surface area (Å²) in [6.45, 7) is -0.0771. The van der Waals surface area contributed by atoms with Gasteiger partial charge >= 0.3 is 0 Å². The van der Waals surface area contributed by atoms with E-state index >= 15 is 0 Å². The maximum Gasteiger partial charge on any atom is 0.239 e. The first kappa shape index (κ1) is 20.2. The Balaban J connectivity index is 1.73. The summed E-state index contributed by atoms with van der Waals surface area (Å²) >= 11 is 0. The quantitative estimate of drug-likeness (QED) is 0.706. The second-order valence-electron chi connectivity index (χ2n) is 5.83. The summed E-state index contributed by atoms with van der Waals surface area (Å²) in [5.74, 6) is 0.223. The van der Waals surface area contributed by atoms with E-state index in [0.717, 1.165) is 5.56 Å². The van der Waals surface area contributed by atoms with E-state index < -0.39 is 0 Å². The van der Waals surface area contributed by atoms with Gasteiger partial charge in [0.15, 0.2) is 11.5 Å². The summed E-state index contributed by atoms with van der Waals surface area (Å²) in [5, 5.41) is 5.13. The molecule has 0 saturated carbocycles. The number of carbonyl (C=O) groups excluding carboxylic acids is 2. The molecule has 0 heterocycles. The Hall–Kier alpha value is -3.09. The van der Waals surface area contributed by atoms with E-state index in [4.69, 9.17) is 9.47 Å². The smallest absolute Gasteiger partial charge is 0.239 e. The predicted octanol–water partition coefficient (Wildman–Crippen LogP) is 2.21. The topological polar surface area (TPSA) is 76.7 Å². The van der Waals surface area contributed by atoms with Crippen LogP contribution in [-0.4, -0.2) is 32.6 Å². The molecule has 0 spiro atoms. The molecular formula is C20H23FN2O4. The van der Waals surface area contributed by atoms with E-state index in [1.807, 2.05) is 12.1 Å². The summed E-state index contributed by atoms with van der Waals surface area (Å²) in [4.78, 5) is 23.7. The van der Waals surface area contributed by atoms with Crippen molar-refractivity contribution in [3.63, 3.8) is 0 Å². The largest absolute Gasteiger partial charge is 0.493 e. The SMILES string of the molecule is COc1ccc(CCC(=O)NCC(=O)NCc2ccccc2F)cc1OC. The van der Waals surface area contributed by atoms with Crippen molar-refractivity contribution in [2.24, 2.45) is 0 Å². The molecule has 0 radical (unpaired) electrons. The summed E-state index contributed by atoms with van der Waals surface area (Å²) in [6.07, 6.45) is 0.735. The van der Waals surface area contributed by atoms with E-state index in [2.05, 4.69) is 10.6 Å². The van der Waals surface area contributed by atoms with Crippen LogP contribution in [0.2, 0.25) is 0 Å². The van der Waals surface area contributed by atoms with Crippen molar-refractivity contribution in [2.75, 3.05) is 20.8 Å². The van der Waals surface area contributed by atoms with Crippen LogP contribution in [0.1, 0.15) is 17.5 Å². The normalized spacial score (nSPS) is 10.2. The van der Waals surface area contributed by atoms with Crippen LogP contribution >= 0.6 is 0 Å². The third-order valence-corrected chi connectivity index (χ3v) is 3.97. The van der Waals surface area contributed by atoms with Crippen molar-refractivity contribution in [2.45, 2.75) is 19.4 Å². The molecule has 2 N–H and O–H groups in total. The third-order valence-electron chi connectivity index (χ3n) is 3.97. The molecule has 0 atom stereocenters. The van der Waals surface area contributed by atoms with Crippen molar-refractivity contribution in [3.8, 4) is 11.5 Å². The molecule has 0 aliphatic rings. The molecule has 2 rings (SSSR count). The molecule has 7 heteroatoms. The standard InChI is InChI=1S/C20H23FN2O4/c1-26-17-9-7-14(11-18(17)27-2)8-10-19(24)23-13-20(25)22-12-15-5-3-4-6-16(15)21/h3-7,9,11H,8,10,12-13H2,1-2H3,(H,22,25)(H,23,24). The molecule has 6 nitrogen and oxygen atoms in total. The minimum absolute atomic E-state index is 0.0764. The van der Waals surface area contributed by atoms with Crippen LogP contribution < -0.4 is 20.1 Å². The first-order valence-corrected chi connectivity index (χ1v) is 8.51. The van der Waals surface area contributed by atoms with Gasteiger partial charge in [-0.1, -0.05) is 24.3 Å². The Labute approximate surface area is 157 Å². The van der Waals surface area contributed by atoms with E-state index in [9.17, 15) is 14.0 Å². The lowest BCUT2D eigenvalue weighted by atomic mass is 10.1. The molecule has 0 aromatic heterocycles. The predicted molar refractivity (Wildman–Crippen MR) is 99.1 cm³/mol. The van der Waals surface area contributed by atoms with Gasteiger partial charge in [-0.3, -0.25) is 9.59 Å². The molecule has 2 aromatic carbocycles. The van der Waals surface area contributed by atoms with E-state index in [1.165, 1.54) is 6.07 Å². The van der Waals surface area contributed by atoms with Crippen LogP contribution in [0, 0.1) is 5.82 Å². The Morgan fingerprint density at radius 1 is 0.963 bits per heavy atom. The Bertz CT molecular complexity index is 795. The fraction of sp³-hybridized carbons (Fsp3) is 0.300. The Kier molecular flexibility index (Phi) is 7.61. The lowest BCUT2D eigenvalue weighted by molar-refractivity contribution is -0.126. The third kappa shape index (κ3) is 6.29. The molecule has 27 heavy (non-hydrogen) atoms. The summed E-state index contributed by atoms with van der Waals surface area (Å²) in [6, 6.07) is 11.7. The van der Waals surface area contributed by atoms with Crippen LogP contribution in [0.4, 0.5) is 4.39 Å². The molecule has 0 aliphatic heterocycles. The van der Waals surface area contributed by atoms with Crippen molar-refractivity contribution < 1.29 is 23.5 Å². The van der Waals surface area contributed by atoms with Crippen molar-refractivity contribution in [3.05, 3.63) is 59.4 Å². The van der Waals surface area contributed by atoms with Gasteiger partial charge in [0.05, 0.1) is 20.8 Å². The molecule has 0 saturated heterocycles. The number of halogens is 1. The van der Waals surface area contributed by atoms with E-state index in [1.54, 1.807) is 38.5 Å². The molecular weight excluding hydrogens is 351 g/mol. The Morgan fingerprint density at radius 3 is 2.41 bits per heavy atom. The second kappa shape index (κ2) is 10.2. The van der Waals surface area contributed by atoms with Crippen LogP contribution in [0.5, 0.6) is 11.5 Å². The van der Waals surface area contributed by atoms with Crippen molar-refractivity contribution in [1.82, 2.24) is 10.6 Å². The molecule has 0 fully saturated rings. The zero-order chi connectivity index (χ0) is 19.6. The highest BCUT2D eigenvalue weighted by atomic mass is 19.1. The first-order valence-electron chi connectivity index (χ1n) is 8.51. The molecule has 144 valence electrons. The molecule has 0 bridgehead atoms. The number of rotatable bonds is 9. The number of hydrogen-bond donors (Lipinski definition) is 2. The maximum absolute atomic E-state index is 13.5. The van der Waals surface area contributed by atoms with Gasteiger partial charge in [0, 0.05) is 18.5 Å². The maximum atomic E-state index is 13.5. The minimum Gasteiger partial charge on any atom is -0.493 e. The zero-order valence-corrected chi connectivity index (χ0v) is 15.4. The second-order valence-corrected chi connectivity index (χ2v) is 5.83. The summed E-state index contributed by atoms with van der Waals surface area (Å²) in [7, 11) is 3.11. The van der Waals surface area contributed by atoms with Gasteiger partial charge in [0.1, 0.15) is 5.82 Å². The Morgan fingerprint density at radius 2 is 1.70 bits per heavy atom.